The molecule has 18 nitrogen and oxygen atoms in total. The summed E-state index contributed by atoms with van der Waals surface area (Å²) in [6.45, 7) is 10.9. The van der Waals surface area contributed by atoms with Gasteiger partial charge in [-0.1, -0.05) is 24.3 Å². The zero-order chi connectivity index (χ0) is 50.2. The molecule has 18 heteroatoms. The average Bonchev–Trinajstić information content (AvgIpc) is 3.30. The molecule has 3 aromatic rings. The Bertz CT molecular complexity index is 2650. The lowest BCUT2D eigenvalue weighted by atomic mass is 9.89. The quantitative estimate of drug-likeness (QED) is 0.0275. The van der Waals surface area contributed by atoms with E-state index in [2.05, 4.69) is 0 Å². The first-order valence-electron chi connectivity index (χ1n) is 22.7. The first-order chi connectivity index (χ1) is 33.1. The van der Waals surface area contributed by atoms with Gasteiger partial charge in [0.1, 0.15) is 61.7 Å². The Labute approximate surface area is 399 Å². The molecule has 69 heavy (non-hydrogen) atoms. The summed E-state index contributed by atoms with van der Waals surface area (Å²) in [4.78, 5) is 93.8. The zero-order valence-electron chi connectivity index (χ0n) is 39.9. The molecule has 0 fully saturated rings. The molecule has 1 aliphatic heterocycles. The van der Waals surface area contributed by atoms with Crippen LogP contribution in [0.3, 0.4) is 0 Å². The lowest BCUT2D eigenvalue weighted by Crippen LogP contribution is -2.44. The predicted octanol–water partition coefficient (Wildman–Crippen LogP) is 6.78. The standard InChI is InChI=1S/C51H58N2O16/c1-8-62-45(55)20-18-33-24-36-42(27-40(33)54)69-41-26-39(53(30-48(58)65-11-4)32(7)51(61)66-12-5)44(25-37(41)49(36)34-15-13-14-16-35(34)50(59)60)68-22-21-67-43-23-31(6)17-19-38(43)52(28-46(56)63-9-2)29-47(57)64-10-3/h13-17,19,23-27,32H,8-12,18,20-22,28-30H2,1-7H3,(H,59,60). The zero-order valence-corrected chi connectivity index (χ0v) is 39.9. The molecule has 368 valence electrons. The lowest BCUT2D eigenvalue weighted by Gasteiger charge is -2.31. The minimum absolute atomic E-state index is 0.0274. The van der Waals surface area contributed by atoms with Crippen LogP contribution in [0.1, 0.15) is 69.4 Å². The molecule has 1 aliphatic carbocycles. The van der Waals surface area contributed by atoms with E-state index in [1.54, 1.807) is 90.1 Å². The first kappa shape index (κ1) is 52.3. The van der Waals surface area contributed by atoms with Crippen LogP contribution in [0.5, 0.6) is 11.5 Å². The van der Waals surface area contributed by atoms with E-state index in [4.69, 9.17) is 37.6 Å². The van der Waals surface area contributed by atoms with E-state index in [1.807, 2.05) is 6.92 Å². The normalized spacial score (nSPS) is 11.3. The highest BCUT2D eigenvalue weighted by Crippen LogP contribution is 2.45. The Hall–Kier alpha value is -7.63. The highest BCUT2D eigenvalue weighted by atomic mass is 16.6. The number of anilines is 2. The molecule has 1 unspecified atom stereocenters. The van der Waals surface area contributed by atoms with Crippen LogP contribution in [0.15, 0.2) is 75.9 Å². The van der Waals surface area contributed by atoms with E-state index in [-0.39, 0.29) is 112 Å². The van der Waals surface area contributed by atoms with Crippen LogP contribution in [-0.2, 0) is 54.1 Å². The molecule has 1 N–H and O–H groups in total. The maximum atomic E-state index is 13.6. The molecule has 0 spiro atoms. The number of carboxylic acids is 1. The number of ether oxygens (including phenoxy) is 7. The molecular formula is C51H58N2O16. The van der Waals surface area contributed by atoms with Crippen LogP contribution in [0.25, 0.3) is 33.4 Å². The molecule has 5 rings (SSSR count). The molecule has 0 aromatic heterocycles. The average molecular weight is 955 g/mol. The smallest absolute Gasteiger partial charge is 0.336 e. The third-order valence-electron chi connectivity index (χ3n) is 10.6. The van der Waals surface area contributed by atoms with Gasteiger partial charge >= 0.3 is 35.8 Å². The van der Waals surface area contributed by atoms with Crippen LogP contribution in [0.4, 0.5) is 11.4 Å². The number of fused-ring (bicyclic) bond motifs is 2. The molecule has 1 heterocycles. The molecule has 0 saturated heterocycles. The molecule has 2 aliphatic rings. The van der Waals surface area contributed by atoms with Gasteiger partial charge in [0.2, 0.25) is 0 Å². The van der Waals surface area contributed by atoms with Crippen molar-refractivity contribution in [3.05, 3.63) is 93.6 Å². The molecule has 1 atom stereocenters. The van der Waals surface area contributed by atoms with Crippen molar-refractivity contribution in [2.24, 2.45) is 0 Å². The molecule has 0 saturated carbocycles. The Balaban J connectivity index is 1.71. The predicted molar refractivity (Wildman–Crippen MR) is 254 cm³/mol. The maximum Gasteiger partial charge on any atom is 0.336 e. The monoisotopic (exact) mass is 954 g/mol. The summed E-state index contributed by atoms with van der Waals surface area (Å²) in [7, 11) is 0. The van der Waals surface area contributed by atoms with Gasteiger partial charge in [0.15, 0.2) is 5.43 Å². The summed E-state index contributed by atoms with van der Waals surface area (Å²) in [5.41, 5.74) is 2.19. The number of aromatic carboxylic acids is 1. The highest BCUT2D eigenvalue weighted by Gasteiger charge is 2.31. The van der Waals surface area contributed by atoms with Gasteiger partial charge in [-0.25, -0.2) is 9.59 Å². The third-order valence-corrected chi connectivity index (χ3v) is 10.6. The topological polar surface area (TPSA) is 224 Å². The summed E-state index contributed by atoms with van der Waals surface area (Å²) < 4.78 is 45.4. The van der Waals surface area contributed by atoms with Crippen LogP contribution in [-0.4, -0.2) is 113 Å². The summed E-state index contributed by atoms with van der Waals surface area (Å²) in [5.74, 6) is -3.74. The van der Waals surface area contributed by atoms with Gasteiger partial charge in [-0.15, -0.1) is 0 Å². The summed E-state index contributed by atoms with van der Waals surface area (Å²) in [5, 5.41) is 10.8. The van der Waals surface area contributed by atoms with Gasteiger partial charge in [0.05, 0.1) is 50.0 Å². The number of aryl methyl sites for hydroxylation is 2. The number of esters is 5. The second-order valence-electron chi connectivity index (χ2n) is 15.4. The van der Waals surface area contributed by atoms with E-state index in [9.17, 15) is 38.7 Å². The van der Waals surface area contributed by atoms with Gasteiger partial charge in [-0.05, 0) is 96.3 Å². The number of hydrogen-bond acceptors (Lipinski definition) is 17. The Morgan fingerprint density at radius 3 is 1.84 bits per heavy atom. The van der Waals surface area contributed by atoms with Crippen molar-refractivity contribution in [2.45, 2.75) is 67.3 Å². The van der Waals surface area contributed by atoms with Gasteiger partial charge in [-0.2, -0.15) is 0 Å². The SMILES string of the molecule is CCOC(=O)CCc1cc2c(-c3ccccc3C(=O)O)c3cc(OCCOc4cc(C)ccc4N(CC(=O)OCC)CC(=O)OCC)c(N(CC(=O)OCC)C(C)C(=O)OCC)cc3oc-2cc1=O. The van der Waals surface area contributed by atoms with E-state index >= 15 is 0 Å². The third kappa shape index (κ3) is 13.5. The minimum atomic E-state index is -1.23. The van der Waals surface area contributed by atoms with Crippen molar-refractivity contribution < 1.29 is 71.4 Å². The fraction of sp³-hybridized carbons (Fsp3) is 0.392. The first-order valence-corrected chi connectivity index (χ1v) is 22.7. The van der Waals surface area contributed by atoms with E-state index in [1.165, 1.54) is 28.0 Å². The second-order valence-corrected chi connectivity index (χ2v) is 15.4. The maximum absolute atomic E-state index is 13.6. The summed E-state index contributed by atoms with van der Waals surface area (Å²) in [6.07, 6.45) is -0.0583. The number of benzene rings is 4. The van der Waals surface area contributed by atoms with E-state index in [0.29, 0.717) is 28.0 Å². The van der Waals surface area contributed by atoms with E-state index < -0.39 is 53.8 Å². The number of carbonyl (C=O) groups excluding carboxylic acids is 5. The Kier molecular flexibility index (Phi) is 18.9. The summed E-state index contributed by atoms with van der Waals surface area (Å²) in [6, 6.07) is 16.4. The second kappa shape index (κ2) is 24.9. The highest BCUT2D eigenvalue weighted by molar-refractivity contribution is 6.09. The van der Waals surface area contributed by atoms with Crippen molar-refractivity contribution in [1.82, 2.24) is 0 Å². The number of hydrogen-bond donors (Lipinski definition) is 1. The van der Waals surface area contributed by atoms with Gasteiger partial charge in [-0.3, -0.25) is 24.0 Å². The van der Waals surface area contributed by atoms with Crippen LogP contribution >= 0.6 is 0 Å². The Morgan fingerprint density at radius 2 is 1.23 bits per heavy atom. The van der Waals surface area contributed by atoms with Crippen molar-refractivity contribution in [1.29, 1.82) is 0 Å². The number of carbonyl (C=O) groups is 6. The largest absolute Gasteiger partial charge is 0.488 e. The van der Waals surface area contributed by atoms with Gasteiger partial charge < -0.3 is 52.5 Å². The van der Waals surface area contributed by atoms with Crippen molar-refractivity contribution >= 4 is 58.2 Å². The van der Waals surface area contributed by atoms with Crippen LogP contribution < -0.4 is 24.7 Å². The van der Waals surface area contributed by atoms with Crippen LogP contribution in [0, 0.1) is 6.92 Å². The van der Waals surface area contributed by atoms with E-state index in [0.717, 1.165) is 5.56 Å². The van der Waals surface area contributed by atoms with Gasteiger partial charge in [0.25, 0.3) is 0 Å². The summed E-state index contributed by atoms with van der Waals surface area (Å²) >= 11 is 0. The molecule has 3 aromatic carbocycles. The van der Waals surface area contributed by atoms with Crippen molar-refractivity contribution in [3.63, 3.8) is 0 Å². The molecule has 0 amide bonds. The Morgan fingerprint density at radius 1 is 0.652 bits per heavy atom. The fourth-order valence-electron chi connectivity index (χ4n) is 7.58. The van der Waals surface area contributed by atoms with Crippen molar-refractivity contribution in [2.75, 3.05) is 75.7 Å². The molecule has 0 radical (unpaired) electrons. The molecule has 0 bridgehead atoms. The van der Waals surface area contributed by atoms with Gasteiger partial charge in [0, 0.05) is 40.6 Å². The van der Waals surface area contributed by atoms with Crippen molar-refractivity contribution in [3.8, 4) is 33.9 Å². The number of nitrogens with zero attached hydrogens (tertiary/aromatic N) is 2. The number of rotatable bonds is 25. The number of carboxylic acid groups (broad SMARTS) is 1. The van der Waals surface area contributed by atoms with Crippen LogP contribution in [0.2, 0.25) is 0 Å². The minimum Gasteiger partial charge on any atom is -0.488 e. The lowest BCUT2D eigenvalue weighted by molar-refractivity contribution is -0.146. The molecular weight excluding hydrogens is 897 g/mol. The fourth-order valence-corrected chi connectivity index (χ4v) is 7.58.